The van der Waals surface area contributed by atoms with Gasteiger partial charge in [-0.25, -0.2) is 4.79 Å². The van der Waals surface area contributed by atoms with Crippen LogP contribution >= 0.6 is 0 Å². The molecule has 0 aliphatic carbocycles. The van der Waals surface area contributed by atoms with Crippen molar-refractivity contribution in [3.63, 3.8) is 0 Å². The number of anilines is 2. The van der Waals surface area contributed by atoms with E-state index >= 15 is 0 Å². The Balaban J connectivity index is 1.68. The molecule has 1 aromatic carbocycles. The van der Waals surface area contributed by atoms with Crippen LogP contribution in [0.2, 0.25) is 0 Å². The van der Waals surface area contributed by atoms with E-state index in [1.54, 1.807) is 4.90 Å². The Morgan fingerprint density at radius 3 is 2.95 bits per heavy atom. The van der Waals surface area contributed by atoms with Gasteiger partial charge in [-0.05, 0) is 37.6 Å². The number of rotatable bonds is 3. The van der Waals surface area contributed by atoms with Crippen LogP contribution in [0.4, 0.5) is 16.2 Å². The van der Waals surface area contributed by atoms with Gasteiger partial charge in [0.2, 0.25) is 5.91 Å². The van der Waals surface area contributed by atoms with Gasteiger partial charge in [-0.3, -0.25) is 9.69 Å². The third kappa shape index (κ3) is 3.16. The van der Waals surface area contributed by atoms with Crippen molar-refractivity contribution >= 4 is 23.3 Å². The Hall–Kier alpha value is -2.08. The highest BCUT2D eigenvalue weighted by Gasteiger charge is 2.23. The molecule has 0 bridgehead atoms. The normalized spacial score (nSPS) is 22.0. The zero-order valence-electron chi connectivity index (χ0n) is 11.9. The van der Waals surface area contributed by atoms with E-state index in [9.17, 15) is 9.59 Å². The Morgan fingerprint density at radius 1 is 1.33 bits per heavy atom. The molecule has 2 heterocycles. The Kier molecular flexibility index (Phi) is 4.06. The molecule has 1 aromatic rings. The van der Waals surface area contributed by atoms with Crippen LogP contribution in [0.15, 0.2) is 24.3 Å². The minimum Gasteiger partial charge on any atom is -0.336 e. The molecule has 1 atom stereocenters. The topological polar surface area (TPSA) is 73.5 Å². The van der Waals surface area contributed by atoms with E-state index in [1.807, 2.05) is 24.3 Å². The van der Waals surface area contributed by atoms with Gasteiger partial charge in [0.15, 0.2) is 0 Å². The van der Waals surface area contributed by atoms with E-state index in [0.29, 0.717) is 13.1 Å². The van der Waals surface area contributed by atoms with Crippen molar-refractivity contribution in [2.75, 3.05) is 36.4 Å². The zero-order valence-corrected chi connectivity index (χ0v) is 11.9. The van der Waals surface area contributed by atoms with E-state index < -0.39 is 0 Å². The highest BCUT2D eigenvalue weighted by Crippen LogP contribution is 2.22. The Labute approximate surface area is 123 Å². The van der Waals surface area contributed by atoms with Crippen molar-refractivity contribution in [2.45, 2.75) is 12.8 Å². The molecular weight excluding hydrogens is 268 g/mol. The maximum Gasteiger partial charge on any atom is 0.321 e. The number of hydrogen-bond acceptors (Lipinski definition) is 3. The van der Waals surface area contributed by atoms with Gasteiger partial charge >= 0.3 is 6.03 Å². The van der Waals surface area contributed by atoms with Crippen molar-refractivity contribution in [2.24, 2.45) is 5.92 Å². The highest BCUT2D eigenvalue weighted by molar-refractivity contribution is 5.96. The lowest BCUT2D eigenvalue weighted by Crippen LogP contribution is -2.37. The van der Waals surface area contributed by atoms with Crippen LogP contribution < -0.4 is 20.9 Å². The molecule has 0 radical (unpaired) electrons. The summed E-state index contributed by atoms with van der Waals surface area (Å²) in [4.78, 5) is 25.6. The largest absolute Gasteiger partial charge is 0.336 e. The molecule has 2 saturated heterocycles. The third-order valence-corrected chi connectivity index (χ3v) is 3.95. The van der Waals surface area contributed by atoms with Crippen LogP contribution in [0.1, 0.15) is 12.8 Å². The second kappa shape index (κ2) is 6.13. The molecule has 21 heavy (non-hydrogen) atoms. The average Bonchev–Trinajstić information content (AvgIpc) is 2.94. The monoisotopic (exact) mass is 288 g/mol. The molecule has 0 aromatic heterocycles. The quantitative estimate of drug-likeness (QED) is 0.781. The van der Waals surface area contributed by atoms with E-state index in [0.717, 1.165) is 37.3 Å². The summed E-state index contributed by atoms with van der Waals surface area (Å²) >= 11 is 0. The van der Waals surface area contributed by atoms with Crippen LogP contribution in [-0.2, 0) is 4.79 Å². The molecule has 0 spiro atoms. The molecule has 6 nitrogen and oxygen atoms in total. The summed E-state index contributed by atoms with van der Waals surface area (Å²) in [6, 6.07) is 7.35. The molecule has 3 rings (SSSR count). The van der Waals surface area contributed by atoms with Gasteiger partial charge in [0, 0.05) is 31.0 Å². The maximum absolute atomic E-state index is 12.2. The smallest absolute Gasteiger partial charge is 0.321 e. The van der Waals surface area contributed by atoms with Crippen LogP contribution in [-0.4, -0.2) is 38.1 Å². The summed E-state index contributed by atoms with van der Waals surface area (Å²) in [6.45, 7) is 3.04. The number of nitrogens with one attached hydrogen (secondary N) is 3. The number of amides is 3. The van der Waals surface area contributed by atoms with Gasteiger partial charge < -0.3 is 16.0 Å². The number of carbonyl (C=O) groups is 2. The standard InChI is InChI=1S/C15H20N4O2/c20-14(11-3-2-6-16-10-11)18-12-4-1-5-13(9-12)19-8-7-17-15(19)21/h1,4-5,9,11,16H,2-3,6-8,10H2,(H,17,21)(H,18,20)/t11-/m1/s1. The first-order valence-corrected chi connectivity index (χ1v) is 7.41. The number of hydrogen-bond donors (Lipinski definition) is 3. The number of urea groups is 1. The van der Waals surface area contributed by atoms with Gasteiger partial charge in [-0.1, -0.05) is 6.07 Å². The van der Waals surface area contributed by atoms with Crippen LogP contribution in [0.3, 0.4) is 0 Å². The van der Waals surface area contributed by atoms with Gasteiger partial charge in [0.05, 0.1) is 5.92 Å². The van der Waals surface area contributed by atoms with Crippen molar-refractivity contribution in [3.05, 3.63) is 24.3 Å². The van der Waals surface area contributed by atoms with Crippen molar-refractivity contribution in [1.82, 2.24) is 10.6 Å². The highest BCUT2D eigenvalue weighted by atomic mass is 16.2. The molecule has 6 heteroatoms. The van der Waals surface area contributed by atoms with Crippen LogP contribution in [0.25, 0.3) is 0 Å². The molecule has 2 aliphatic heterocycles. The fraction of sp³-hybridized carbons (Fsp3) is 0.467. The minimum atomic E-state index is -0.0880. The predicted molar refractivity (Wildman–Crippen MR) is 81.4 cm³/mol. The van der Waals surface area contributed by atoms with Gasteiger partial charge in [-0.2, -0.15) is 0 Å². The summed E-state index contributed by atoms with van der Waals surface area (Å²) in [5, 5.41) is 8.97. The summed E-state index contributed by atoms with van der Waals surface area (Å²) < 4.78 is 0. The number of piperidine rings is 1. The van der Waals surface area contributed by atoms with Gasteiger partial charge in [0.1, 0.15) is 0 Å². The molecule has 0 unspecified atom stereocenters. The molecule has 0 saturated carbocycles. The van der Waals surface area contributed by atoms with Crippen molar-refractivity contribution in [1.29, 1.82) is 0 Å². The number of nitrogens with zero attached hydrogens (tertiary/aromatic N) is 1. The molecule has 2 aliphatic rings. The van der Waals surface area contributed by atoms with Gasteiger partial charge in [-0.15, -0.1) is 0 Å². The molecule has 3 N–H and O–H groups in total. The predicted octanol–water partition coefficient (Wildman–Crippen LogP) is 1.15. The first kappa shape index (κ1) is 13.9. The minimum absolute atomic E-state index is 0.0255. The van der Waals surface area contributed by atoms with Crippen molar-refractivity contribution in [3.8, 4) is 0 Å². The summed E-state index contributed by atoms with van der Waals surface area (Å²) in [5.41, 5.74) is 1.55. The van der Waals surface area contributed by atoms with E-state index in [1.165, 1.54) is 0 Å². The molecule has 112 valence electrons. The molecular formula is C15H20N4O2. The SMILES string of the molecule is O=C(Nc1cccc(N2CCNC2=O)c1)[C@@H]1CCCNC1. The second-order valence-corrected chi connectivity index (χ2v) is 5.47. The Morgan fingerprint density at radius 2 is 2.24 bits per heavy atom. The van der Waals surface area contributed by atoms with E-state index in [-0.39, 0.29) is 17.9 Å². The molecule has 3 amide bonds. The maximum atomic E-state index is 12.2. The van der Waals surface area contributed by atoms with Gasteiger partial charge in [0.25, 0.3) is 0 Å². The third-order valence-electron chi connectivity index (χ3n) is 3.95. The first-order chi connectivity index (χ1) is 10.2. The average molecular weight is 288 g/mol. The van der Waals surface area contributed by atoms with Crippen LogP contribution in [0.5, 0.6) is 0 Å². The number of carbonyl (C=O) groups excluding carboxylic acids is 2. The lowest BCUT2D eigenvalue weighted by molar-refractivity contribution is -0.120. The van der Waals surface area contributed by atoms with Crippen molar-refractivity contribution < 1.29 is 9.59 Å². The summed E-state index contributed by atoms with van der Waals surface area (Å²) in [7, 11) is 0. The fourth-order valence-electron chi connectivity index (χ4n) is 2.79. The summed E-state index contributed by atoms with van der Waals surface area (Å²) in [6.07, 6.45) is 1.96. The lowest BCUT2D eigenvalue weighted by atomic mass is 9.99. The summed E-state index contributed by atoms with van der Waals surface area (Å²) in [5.74, 6) is 0.0720. The van der Waals surface area contributed by atoms with E-state index in [4.69, 9.17) is 0 Å². The fourth-order valence-corrected chi connectivity index (χ4v) is 2.79. The first-order valence-electron chi connectivity index (χ1n) is 7.41. The van der Waals surface area contributed by atoms with E-state index in [2.05, 4.69) is 16.0 Å². The van der Waals surface area contributed by atoms with Crippen LogP contribution in [0, 0.1) is 5.92 Å². The zero-order chi connectivity index (χ0) is 14.7. The Bertz CT molecular complexity index is 540. The second-order valence-electron chi connectivity index (χ2n) is 5.47. The number of benzene rings is 1. The lowest BCUT2D eigenvalue weighted by Gasteiger charge is -2.22. The molecule has 2 fully saturated rings.